The van der Waals surface area contributed by atoms with Crippen LogP contribution in [0.15, 0.2) is 77.7 Å². The van der Waals surface area contributed by atoms with Gasteiger partial charge in [-0.3, -0.25) is 29.3 Å². The fraction of sp³-hybridized carbons (Fsp3) is 0.396. The number of nitrogens with zero attached hydrogens (tertiary/aromatic N) is 5. The Morgan fingerprint density at radius 1 is 0.851 bits per heavy atom. The van der Waals surface area contributed by atoms with Gasteiger partial charge in [0.15, 0.2) is 18.2 Å². The Morgan fingerprint density at radius 2 is 1.60 bits per heavy atom. The molecule has 67 heavy (non-hydrogen) atoms. The van der Waals surface area contributed by atoms with Crippen molar-refractivity contribution in [3.63, 3.8) is 0 Å². The molecule has 19 heteroatoms. The first kappa shape index (κ1) is 46.8. The Morgan fingerprint density at radius 3 is 2.37 bits per heavy atom. The van der Waals surface area contributed by atoms with E-state index in [9.17, 15) is 24.0 Å². The molecule has 3 N–H and O–H groups in total. The molecule has 4 amide bonds. The lowest BCUT2D eigenvalue weighted by molar-refractivity contribution is -0.137. The molecule has 1 atom stereocenters. The molecule has 1 unspecified atom stereocenters. The Kier molecular flexibility index (Phi) is 15.1. The van der Waals surface area contributed by atoms with Gasteiger partial charge < -0.3 is 48.7 Å². The summed E-state index contributed by atoms with van der Waals surface area (Å²) in [4.78, 5) is 74.2. The molecule has 2 aromatic heterocycles. The number of aromatic nitrogens is 3. The smallest absolute Gasteiger partial charge is 0.293 e. The number of amides is 4. The second-order valence-corrected chi connectivity index (χ2v) is 16.8. The largest absolute Gasteiger partial charge is 0.494 e. The van der Waals surface area contributed by atoms with Crippen molar-refractivity contribution < 1.29 is 42.9 Å². The van der Waals surface area contributed by atoms with Crippen molar-refractivity contribution >= 4 is 63.6 Å². The van der Waals surface area contributed by atoms with Gasteiger partial charge in [-0.1, -0.05) is 23.7 Å². The van der Waals surface area contributed by atoms with Crippen molar-refractivity contribution in [2.45, 2.75) is 50.6 Å². The average Bonchev–Trinajstić information content (AvgIpc) is 3.66. The van der Waals surface area contributed by atoms with Crippen LogP contribution in [0.3, 0.4) is 0 Å². The van der Waals surface area contributed by atoms with Crippen molar-refractivity contribution in [2.24, 2.45) is 7.05 Å². The number of hydrogen-bond acceptors (Lipinski definition) is 14. The zero-order chi connectivity index (χ0) is 46.9. The maximum Gasteiger partial charge on any atom is 0.293 e. The number of piperidine rings is 2. The first-order valence-electron chi connectivity index (χ1n) is 22.3. The van der Waals surface area contributed by atoms with Crippen molar-refractivity contribution in [2.75, 3.05) is 76.6 Å². The number of aryl methyl sites for hydroxylation is 1. The van der Waals surface area contributed by atoms with Gasteiger partial charge >= 0.3 is 0 Å². The van der Waals surface area contributed by atoms with E-state index in [1.165, 1.54) is 22.1 Å². The number of carbonyl (C=O) groups excluding carboxylic acids is 4. The Hall–Kier alpha value is -6.76. The average molecular weight is 937 g/mol. The number of carbonyl (C=O) groups is 4. The Bertz CT molecular complexity index is 2670. The van der Waals surface area contributed by atoms with E-state index in [0.717, 1.165) is 49.1 Å². The molecule has 3 aromatic carbocycles. The highest BCUT2D eigenvalue weighted by atomic mass is 35.5. The summed E-state index contributed by atoms with van der Waals surface area (Å²) in [5, 5.41) is 9.20. The second-order valence-electron chi connectivity index (χ2n) is 16.4. The minimum absolute atomic E-state index is 0.0741. The molecule has 352 valence electrons. The van der Waals surface area contributed by atoms with Gasteiger partial charge in [0.1, 0.15) is 29.2 Å². The van der Waals surface area contributed by atoms with Gasteiger partial charge in [0, 0.05) is 69.8 Å². The van der Waals surface area contributed by atoms with Crippen molar-refractivity contribution in [1.82, 2.24) is 30.1 Å². The third-order valence-corrected chi connectivity index (χ3v) is 12.3. The van der Waals surface area contributed by atoms with Crippen LogP contribution in [0.1, 0.15) is 59.5 Å². The summed E-state index contributed by atoms with van der Waals surface area (Å²) in [6.07, 6.45) is 4.73. The molecule has 0 saturated carbocycles. The third-order valence-electron chi connectivity index (χ3n) is 12.0. The summed E-state index contributed by atoms with van der Waals surface area (Å²) < 4.78 is 30.2. The molecule has 5 aromatic rings. The predicted molar refractivity (Wildman–Crippen MR) is 249 cm³/mol. The van der Waals surface area contributed by atoms with Crippen LogP contribution in [0.2, 0.25) is 5.02 Å². The normalized spacial score (nSPS) is 16.2. The predicted octanol–water partition coefficient (Wildman–Crippen LogP) is 4.88. The quantitative estimate of drug-likeness (QED) is 0.0704. The fourth-order valence-electron chi connectivity index (χ4n) is 8.37. The lowest BCUT2D eigenvalue weighted by Gasteiger charge is -2.32. The van der Waals surface area contributed by atoms with Crippen LogP contribution in [0.4, 0.5) is 17.5 Å². The van der Waals surface area contributed by atoms with Crippen molar-refractivity contribution in [3.8, 4) is 17.2 Å². The number of likely N-dealkylation sites (N-methyl/N-ethyl adjacent to an activating group) is 1. The van der Waals surface area contributed by atoms with Crippen molar-refractivity contribution in [3.05, 3.63) is 105 Å². The minimum Gasteiger partial charge on any atom is -0.494 e. The molecule has 5 heterocycles. The molecule has 0 bridgehead atoms. The summed E-state index contributed by atoms with van der Waals surface area (Å²) in [7, 11) is 3.16. The first-order chi connectivity index (χ1) is 32.5. The van der Waals surface area contributed by atoms with Gasteiger partial charge in [0.05, 0.1) is 38.1 Å². The number of rotatable bonds is 20. The van der Waals surface area contributed by atoms with E-state index >= 15 is 0 Å². The van der Waals surface area contributed by atoms with Gasteiger partial charge in [-0.05, 0) is 90.9 Å². The summed E-state index contributed by atoms with van der Waals surface area (Å²) in [6, 6.07) is 20.1. The number of hydrogen-bond donors (Lipinski definition) is 3. The van der Waals surface area contributed by atoms with Crippen LogP contribution in [-0.4, -0.2) is 115 Å². The molecule has 0 spiro atoms. The molecular weight excluding hydrogens is 884 g/mol. The molecule has 2 fully saturated rings. The summed E-state index contributed by atoms with van der Waals surface area (Å²) in [5.74, 6) is 1.63. The number of nitrogens with one attached hydrogen (secondary N) is 3. The van der Waals surface area contributed by atoms with E-state index in [4.69, 9.17) is 40.3 Å². The molecule has 8 rings (SSSR count). The number of anilines is 3. The maximum absolute atomic E-state index is 12.9. The van der Waals surface area contributed by atoms with Crippen LogP contribution >= 0.6 is 11.6 Å². The maximum atomic E-state index is 12.9. The molecule has 3 aliphatic heterocycles. The number of fused-ring (bicyclic) bond motifs is 2. The van der Waals surface area contributed by atoms with Gasteiger partial charge in [0.25, 0.3) is 17.4 Å². The van der Waals surface area contributed by atoms with Crippen LogP contribution in [0, 0.1) is 0 Å². The topological polar surface area (TPSA) is 205 Å². The third kappa shape index (κ3) is 11.4. The summed E-state index contributed by atoms with van der Waals surface area (Å²) >= 11 is 6.55. The summed E-state index contributed by atoms with van der Waals surface area (Å²) in [5.41, 5.74) is 3.65. The van der Waals surface area contributed by atoms with E-state index in [1.54, 1.807) is 31.4 Å². The monoisotopic (exact) mass is 936 g/mol. The standard InChI is InChI=1S/C48H53ClN8O10/c1-50-43(59)29-67-41-26-32-24-34(6-11-39(32)55(2)47(41)62)52-44-38(49)27-51-48(54-44)56-16-14-31(15-17-56)30-4-7-35(8-5-30)65-19-3-18-63-20-21-64-22-23-66-36-9-10-37-33(25-36)28-57(46(37)61)40-12-13-42(58)53-45(40)60/h4-11,24-27,31,40H,3,12-23,28-29H2,1-2H3,(H,50,59)(H,51,52,54)(H,53,58,60). The molecule has 18 nitrogen and oxygen atoms in total. The van der Waals surface area contributed by atoms with E-state index in [0.29, 0.717) is 97.8 Å². The van der Waals surface area contributed by atoms with Crippen LogP contribution in [0.5, 0.6) is 17.2 Å². The highest BCUT2D eigenvalue weighted by Crippen LogP contribution is 2.33. The fourth-order valence-corrected chi connectivity index (χ4v) is 8.50. The summed E-state index contributed by atoms with van der Waals surface area (Å²) in [6.45, 7) is 4.24. The lowest BCUT2D eigenvalue weighted by Crippen LogP contribution is -2.52. The lowest BCUT2D eigenvalue weighted by atomic mass is 9.89. The Labute approximate surface area is 391 Å². The molecule has 3 aliphatic rings. The number of benzene rings is 3. The SMILES string of the molecule is CNC(=O)COc1cc2cc(Nc3nc(N4CCC(c5ccc(OCCCOCCOCCOc6ccc7c(c6)CN(C6CCC(=O)NC6=O)C7=O)cc5)CC4)ncc3Cl)ccc2n(C)c1=O. The van der Waals surface area contributed by atoms with Crippen LogP contribution < -0.4 is 40.6 Å². The van der Waals surface area contributed by atoms with Crippen molar-refractivity contribution in [1.29, 1.82) is 0 Å². The van der Waals surface area contributed by atoms with E-state index in [-0.39, 0.29) is 42.1 Å². The van der Waals surface area contributed by atoms with Gasteiger partial charge in [-0.2, -0.15) is 4.98 Å². The molecule has 0 radical (unpaired) electrons. The number of pyridine rings is 1. The second kappa shape index (κ2) is 21.7. The highest BCUT2D eigenvalue weighted by Gasteiger charge is 2.39. The first-order valence-corrected chi connectivity index (χ1v) is 22.7. The van der Waals surface area contributed by atoms with Gasteiger partial charge in [-0.25, -0.2) is 4.98 Å². The van der Waals surface area contributed by atoms with E-state index in [1.807, 2.05) is 36.4 Å². The van der Waals surface area contributed by atoms with Crippen LogP contribution in [-0.2, 0) is 37.4 Å². The molecule has 2 saturated heterocycles. The number of imide groups is 1. The van der Waals surface area contributed by atoms with Crippen LogP contribution in [0.25, 0.3) is 10.9 Å². The number of halogens is 1. The van der Waals surface area contributed by atoms with E-state index < -0.39 is 11.9 Å². The zero-order valence-corrected chi connectivity index (χ0v) is 38.1. The molecule has 0 aliphatic carbocycles. The highest BCUT2D eigenvalue weighted by molar-refractivity contribution is 6.33. The molecular formula is C48H53ClN8O10. The minimum atomic E-state index is -0.651. The van der Waals surface area contributed by atoms with Gasteiger partial charge in [-0.15, -0.1) is 0 Å². The zero-order valence-electron chi connectivity index (χ0n) is 37.4. The Balaban J connectivity index is 0.701. The van der Waals surface area contributed by atoms with Gasteiger partial charge in [0.2, 0.25) is 17.8 Å². The number of ether oxygens (including phenoxy) is 5. The van der Waals surface area contributed by atoms with E-state index in [2.05, 4.69) is 38.0 Å².